The van der Waals surface area contributed by atoms with Crippen molar-refractivity contribution in [2.75, 3.05) is 0 Å². The zero-order valence-electron chi connectivity index (χ0n) is 10.6. The molecule has 19 heavy (non-hydrogen) atoms. The maximum atomic E-state index is 11.2. The first-order valence-corrected chi connectivity index (χ1v) is 6.02. The molecule has 0 aliphatic rings. The van der Waals surface area contributed by atoms with Crippen LogP contribution in [0.4, 0.5) is 0 Å². The van der Waals surface area contributed by atoms with E-state index in [4.69, 9.17) is 5.11 Å². The van der Waals surface area contributed by atoms with Gasteiger partial charge in [0.05, 0.1) is 0 Å². The van der Waals surface area contributed by atoms with E-state index in [9.17, 15) is 9.59 Å². The Morgan fingerprint density at radius 2 is 1.79 bits per heavy atom. The Balaban J connectivity index is 2.07. The number of aliphatic carboxylic acids is 1. The van der Waals surface area contributed by atoms with E-state index in [1.165, 1.54) is 5.56 Å². The van der Waals surface area contributed by atoms with Gasteiger partial charge in [0, 0.05) is 6.54 Å². The van der Waals surface area contributed by atoms with E-state index in [-0.39, 0.29) is 0 Å². The lowest BCUT2D eigenvalue weighted by molar-refractivity contribution is -0.140. The van der Waals surface area contributed by atoms with Crippen LogP contribution in [0.15, 0.2) is 36.4 Å². The number of carbonyl (C=O) groups is 2. The Hall–Kier alpha value is -2.36. The zero-order valence-corrected chi connectivity index (χ0v) is 10.6. The normalized spacial score (nSPS) is 10.4. The van der Waals surface area contributed by atoms with Crippen molar-refractivity contribution in [1.82, 2.24) is 5.32 Å². The molecule has 0 heterocycles. The van der Waals surface area contributed by atoms with Crippen LogP contribution in [-0.4, -0.2) is 17.0 Å². The Kier molecular flexibility index (Phi) is 3.80. The van der Waals surface area contributed by atoms with E-state index < -0.39 is 18.3 Å². The number of rotatable bonds is 4. The molecule has 0 aromatic heterocycles. The second kappa shape index (κ2) is 5.52. The van der Waals surface area contributed by atoms with Crippen LogP contribution in [0.5, 0.6) is 0 Å². The third kappa shape index (κ3) is 3.55. The Bertz CT molecular complexity index is 634. The predicted octanol–water partition coefficient (Wildman–Crippen LogP) is 2.24. The molecule has 0 atom stereocenters. The van der Waals surface area contributed by atoms with Gasteiger partial charge in [-0.05, 0) is 29.3 Å². The van der Waals surface area contributed by atoms with Gasteiger partial charge in [0.2, 0.25) is 5.91 Å². The van der Waals surface area contributed by atoms with Crippen molar-refractivity contribution >= 4 is 22.6 Å². The van der Waals surface area contributed by atoms with Gasteiger partial charge in [0.25, 0.3) is 0 Å². The van der Waals surface area contributed by atoms with E-state index >= 15 is 0 Å². The topological polar surface area (TPSA) is 66.4 Å². The highest BCUT2D eigenvalue weighted by Crippen LogP contribution is 2.17. The molecule has 0 spiro atoms. The smallest absolute Gasteiger partial charge is 0.312 e. The molecule has 98 valence electrons. The van der Waals surface area contributed by atoms with Crippen molar-refractivity contribution in [3.8, 4) is 0 Å². The van der Waals surface area contributed by atoms with Gasteiger partial charge in [0.15, 0.2) is 0 Å². The molecule has 0 bridgehead atoms. The van der Waals surface area contributed by atoms with Gasteiger partial charge in [-0.25, -0.2) is 0 Å². The number of hydrogen-bond acceptors (Lipinski definition) is 2. The van der Waals surface area contributed by atoms with Crippen molar-refractivity contribution in [1.29, 1.82) is 0 Å². The standard InChI is InChI=1S/C15H15NO3/c1-10-2-4-13-7-11(3-5-12(13)6-10)9-16-14(17)8-15(18)19/h2-7H,8-9H2,1H3,(H,16,17)(H,18,19). The monoisotopic (exact) mass is 257 g/mol. The molecule has 0 unspecified atom stereocenters. The van der Waals surface area contributed by atoms with Gasteiger partial charge >= 0.3 is 5.97 Å². The van der Waals surface area contributed by atoms with E-state index in [2.05, 4.69) is 11.4 Å². The SMILES string of the molecule is Cc1ccc2cc(CNC(=O)CC(=O)O)ccc2c1. The molecule has 0 fully saturated rings. The van der Waals surface area contributed by atoms with Crippen molar-refractivity contribution in [3.63, 3.8) is 0 Å². The fourth-order valence-corrected chi connectivity index (χ4v) is 1.93. The second-order valence-electron chi connectivity index (χ2n) is 4.53. The van der Waals surface area contributed by atoms with Crippen molar-refractivity contribution in [2.24, 2.45) is 0 Å². The molecule has 1 amide bonds. The van der Waals surface area contributed by atoms with Gasteiger partial charge in [-0.2, -0.15) is 0 Å². The number of carboxylic acids is 1. The quantitative estimate of drug-likeness (QED) is 0.825. The summed E-state index contributed by atoms with van der Waals surface area (Å²) in [6, 6.07) is 12.1. The van der Waals surface area contributed by atoms with Crippen LogP contribution in [0.3, 0.4) is 0 Å². The molecule has 4 nitrogen and oxygen atoms in total. The van der Waals surface area contributed by atoms with E-state index in [0.29, 0.717) is 6.54 Å². The van der Waals surface area contributed by atoms with E-state index in [1.807, 2.05) is 37.3 Å². The number of hydrogen-bond donors (Lipinski definition) is 2. The Morgan fingerprint density at radius 3 is 2.53 bits per heavy atom. The lowest BCUT2D eigenvalue weighted by atomic mass is 10.0. The number of amides is 1. The van der Waals surface area contributed by atoms with Crippen LogP contribution in [0.25, 0.3) is 10.8 Å². The van der Waals surface area contributed by atoms with Crippen molar-refractivity contribution < 1.29 is 14.7 Å². The average Bonchev–Trinajstić information content (AvgIpc) is 2.35. The van der Waals surface area contributed by atoms with Gasteiger partial charge in [-0.15, -0.1) is 0 Å². The maximum Gasteiger partial charge on any atom is 0.312 e. The fraction of sp³-hybridized carbons (Fsp3) is 0.200. The van der Waals surface area contributed by atoms with Gasteiger partial charge in [-0.3, -0.25) is 9.59 Å². The van der Waals surface area contributed by atoms with Crippen molar-refractivity contribution in [2.45, 2.75) is 19.9 Å². The summed E-state index contributed by atoms with van der Waals surface area (Å²) in [7, 11) is 0. The summed E-state index contributed by atoms with van der Waals surface area (Å²) in [6.07, 6.45) is -0.493. The van der Waals surface area contributed by atoms with Crippen LogP contribution in [0, 0.1) is 6.92 Å². The number of fused-ring (bicyclic) bond motifs is 1. The summed E-state index contributed by atoms with van der Waals surface area (Å²) in [5, 5.41) is 13.3. The lowest BCUT2D eigenvalue weighted by Gasteiger charge is -2.06. The minimum Gasteiger partial charge on any atom is -0.481 e. The molecule has 4 heteroatoms. The number of aryl methyl sites for hydroxylation is 1. The molecule has 2 aromatic rings. The largest absolute Gasteiger partial charge is 0.481 e. The summed E-state index contributed by atoms with van der Waals surface area (Å²) < 4.78 is 0. The minimum absolute atomic E-state index is 0.343. The third-order valence-electron chi connectivity index (χ3n) is 2.86. The fourth-order valence-electron chi connectivity index (χ4n) is 1.93. The molecule has 2 N–H and O–H groups in total. The molecule has 2 aromatic carbocycles. The first kappa shape index (κ1) is 13.1. The van der Waals surface area contributed by atoms with E-state index in [1.54, 1.807) is 0 Å². The third-order valence-corrected chi connectivity index (χ3v) is 2.86. The summed E-state index contributed by atoms with van der Waals surface area (Å²) >= 11 is 0. The average molecular weight is 257 g/mol. The van der Waals surface area contributed by atoms with Gasteiger partial charge in [-0.1, -0.05) is 35.9 Å². The molecule has 0 aliphatic carbocycles. The summed E-state index contributed by atoms with van der Waals surface area (Å²) in [4.78, 5) is 21.6. The van der Waals surface area contributed by atoms with Crippen LogP contribution in [0.2, 0.25) is 0 Å². The predicted molar refractivity (Wildman–Crippen MR) is 72.8 cm³/mol. The summed E-state index contributed by atoms with van der Waals surface area (Å²) in [6.45, 7) is 2.38. The van der Waals surface area contributed by atoms with Gasteiger partial charge < -0.3 is 10.4 Å². The molecule has 0 saturated carbocycles. The molecule has 0 saturated heterocycles. The molecule has 2 rings (SSSR count). The van der Waals surface area contributed by atoms with Crippen LogP contribution in [-0.2, 0) is 16.1 Å². The summed E-state index contributed by atoms with van der Waals surface area (Å²) in [5.74, 6) is -1.59. The highest BCUT2D eigenvalue weighted by Gasteiger charge is 2.06. The number of benzene rings is 2. The van der Waals surface area contributed by atoms with E-state index in [0.717, 1.165) is 16.3 Å². The van der Waals surface area contributed by atoms with Gasteiger partial charge in [0.1, 0.15) is 6.42 Å². The summed E-state index contributed by atoms with van der Waals surface area (Å²) in [5.41, 5.74) is 2.16. The Morgan fingerprint density at radius 1 is 1.11 bits per heavy atom. The molecular weight excluding hydrogens is 242 g/mol. The molecule has 0 radical (unpaired) electrons. The number of nitrogens with one attached hydrogen (secondary N) is 1. The number of carbonyl (C=O) groups excluding carboxylic acids is 1. The zero-order chi connectivity index (χ0) is 13.8. The first-order chi connectivity index (χ1) is 9.04. The Labute approximate surface area is 111 Å². The molecule has 0 aliphatic heterocycles. The lowest BCUT2D eigenvalue weighted by Crippen LogP contribution is -2.24. The highest BCUT2D eigenvalue weighted by molar-refractivity contribution is 5.93. The second-order valence-corrected chi connectivity index (χ2v) is 4.53. The minimum atomic E-state index is -1.12. The first-order valence-electron chi connectivity index (χ1n) is 6.02. The highest BCUT2D eigenvalue weighted by atomic mass is 16.4. The van der Waals surface area contributed by atoms with Crippen LogP contribution < -0.4 is 5.32 Å². The van der Waals surface area contributed by atoms with Crippen molar-refractivity contribution in [3.05, 3.63) is 47.5 Å². The maximum absolute atomic E-state index is 11.2. The molecular formula is C15H15NO3. The van der Waals surface area contributed by atoms with Crippen LogP contribution >= 0.6 is 0 Å². The number of carboxylic acid groups (broad SMARTS) is 1. The van der Waals surface area contributed by atoms with Crippen LogP contribution in [0.1, 0.15) is 17.5 Å².